The van der Waals surface area contributed by atoms with Crippen LogP contribution in [0.25, 0.3) is 0 Å². The lowest BCUT2D eigenvalue weighted by atomic mass is 10.1. The summed E-state index contributed by atoms with van der Waals surface area (Å²) in [6, 6.07) is 3.46. The summed E-state index contributed by atoms with van der Waals surface area (Å²) >= 11 is 0. The molecule has 0 heterocycles. The van der Waals surface area contributed by atoms with Crippen molar-refractivity contribution in [2.45, 2.75) is 26.3 Å². The Balaban J connectivity index is 2.87. The van der Waals surface area contributed by atoms with Crippen molar-refractivity contribution in [3.63, 3.8) is 0 Å². The number of carbonyl (C=O) groups excluding carboxylic acids is 1. The van der Waals surface area contributed by atoms with Crippen LogP contribution in [0.15, 0.2) is 23.4 Å². The van der Waals surface area contributed by atoms with Gasteiger partial charge in [-0.3, -0.25) is 4.79 Å². The number of nitrogens with two attached hydrogens (primary N) is 1. The molecule has 0 radical (unpaired) electrons. The van der Waals surface area contributed by atoms with Gasteiger partial charge in [0.1, 0.15) is 5.82 Å². The summed E-state index contributed by atoms with van der Waals surface area (Å²) in [5.41, 5.74) is 6.28. The molecule has 0 spiro atoms. The summed E-state index contributed by atoms with van der Waals surface area (Å²) in [4.78, 5) is 11.9. The predicted molar refractivity (Wildman–Crippen MR) is 66.1 cm³/mol. The first-order valence-corrected chi connectivity index (χ1v) is 5.53. The topological polar surface area (TPSA) is 87.7 Å². The molecule has 1 aromatic carbocycles. The van der Waals surface area contributed by atoms with Crippen molar-refractivity contribution < 1.29 is 14.4 Å². The van der Waals surface area contributed by atoms with Gasteiger partial charge in [-0.15, -0.1) is 0 Å². The molecular weight excluding hydrogens is 237 g/mol. The van der Waals surface area contributed by atoms with E-state index in [4.69, 9.17) is 10.9 Å². The SMILES string of the molecule is CCC(NC(=O)c1cc(C)cc(F)c1)/C(N)=N/O. The van der Waals surface area contributed by atoms with E-state index in [0.29, 0.717) is 12.0 Å². The molecule has 1 amide bonds. The molecule has 18 heavy (non-hydrogen) atoms. The number of hydrogen-bond acceptors (Lipinski definition) is 3. The van der Waals surface area contributed by atoms with Gasteiger partial charge in [0.2, 0.25) is 0 Å². The number of aryl methyl sites for hydroxylation is 1. The summed E-state index contributed by atoms with van der Waals surface area (Å²) in [5.74, 6) is -1.02. The number of halogens is 1. The van der Waals surface area contributed by atoms with E-state index in [1.54, 1.807) is 19.9 Å². The summed E-state index contributed by atoms with van der Waals surface area (Å²) in [5, 5.41) is 14.0. The van der Waals surface area contributed by atoms with E-state index >= 15 is 0 Å². The molecule has 1 atom stereocenters. The first kappa shape index (κ1) is 14.0. The fourth-order valence-corrected chi connectivity index (χ4v) is 1.56. The number of amides is 1. The second-order valence-electron chi connectivity index (χ2n) is 3.98. The lowest BCUT2D eigenvalue weighted by Crippen LogP contribution is -2.44. The zero-order valence-electron chi connectivity index (χ0n) is 10.3. The maximum absolute atomic E-state index is 13.2. The maximum Gasteiger partial charge on any atom is 0.251 e. The Hall–Kier alpha value is -2.11. The molecule has 0 fully saturated rings. The number of hydrogen-bond donors (Lipinski definition) is 3. The highest BCUT2D eigenvalue weighted by atomic mass is 19.1. The zero-order valence-corrected chi connectivity index (χ0v) is 10.3. The fraction of sp³-hybridized carbons (Fsp3) is 0.333. The highest BCUT2D eigenvalue weighted by Crippen LogP contribution is 2.08. The molecule has 0 saturated heterocycles. The lowest BCUT2D eigenvalue weighted by molar-refractivity contribution is 0.0945. The number of nitrogens with one attached hydrogen (secondary N) is 1. The van der Waals surface area contributed by atoms with Gasteiger partial charge in [-0.05, 0) is 37.1 Å². The largest absolute Gasteiger partial charge is 0.409 e. The second kappa shape index (κ2) is 6.00. The Kier molecular flexibility index (Phi) is 4.65. The minimum atomic E-state index is -0.578. The van der Waals surface area contributed by atoms with Gasteiger partial charge in [0.05, 0.1) is 6.04 Å². The molecule has 0 saturated carbocycles. The standard InChI is InChI=1S/C12H16FN3O2/c1-3-10(11(14)16-18)15-12(17)8-4-7(2)5-9(13)6-8/h4-6,10,18H,3H2,1-2H3,(H2,14,16)(H,15,17). The molecule has 98 valence electrons. The molecule has 4 N–H and O–H groups in total. The molecule has 0 aromatic heterocycles. The van der Waals surface area contributed by atoms with Crippen LogP contribution >= 0.6 is 0 Å². The first-order chi connectivity index (χ1) is 8.47. The smallest absolute Gasteiger partial charge is 0.251 e. The van der Waals surface area contributed by atoms with Crippen molar-refractivity contribution in [2.75, 3.05) is 0 Å². The van der Waals surface area contributed by atoms with E-state index in [1.165, 1.54) is 6.07 Å². The van der Waals surface area contributed by atoms with Crippen molar-refractivity contribution >= 4 is 11.7 Å². The van der Waals surface area contributed by atoms with E-state index in [-0.39, 0.29) is 11.4 Å². The number of carbonyl (C=O) groups is 1. The summed E-state index contributed by atoms with van der Waals surface area (Å²) in [6.07, 6.45) is 0.468. The highest BCUT2D eigenvalue weighted by Gasteiger charge is 2.16. The predicted octanol–water partition coefficient (Wildman–Crippen LogP) is 1.39. The maximum atomic E-state index is 13.2. The van der Waals surface area contributed by atoms with Crippen LogP contribution in [0.3, 0.4) is 0 Å². The average Bonchev–Trinajstić information content (AvgIpc) is 2.33. The summed E-state index contributed by atoms with van der Waals surface area (Å²) < 4.78 is 13.2. The molecule has 1 rings (SSSR count). The van der Waals surface area contributed by atoms with Crippen LogP contribution in [0, 0.1) is 12.7 Å². The Labute approximate surface area is 104 Å². The summed E-state index contributed by atoms with van der Waals surface area (Å²) in [6.45, 7) is 3.47. The third-order valence-corrected chi connectivity index (χ3v) is 2.49. The Morgan fingerprint density at radius 3 is 2.72 bits per heavy atom. The molecular formula is C12H16FN3O2. The van der Waals surface area contributed by atoms with Crippen LogP contribution < -0.4 is 11.1 Å². The van der Waals surface area contributed by atoms with Crippen LogP contribution in [0.4, 0.5) is 4.39 Å². The second-order valence-corrected chi connectivity index (χ2v) is 3.98. The van der Waals surface area contributed by atoms with Crippen molar-refractivity contribution in [1.82, 2.24) is 5.32 Å². The molecule has 0 bridgehead atoms. The van der Waals surface area contributed by atoms with Crippen LogP contribution in [0.5, 0.6) is 0 Å². The van der Waals surface area contributed by atoms with Crippen LogP contribution in [0.1, 0.15) is 29.3 Å². The van der Waals surface area contributed by atoms with Gasteiger partial charge in [-0.1, -0.05) is 12.1 Å². The number of benzene rings is 1. The van der Waals surface area contributed by atoms with Gasteiger partial charge in [-0.25, -0.2) is 4.39 Å². The van der Waals surface area contributed by atoms with E-state index in [9.17, 15) is 9.18 Å². The molecule has 0 aliphatic carbocycles. The average molecular weight is 253 g/mol. The zero-order chi connectivity index (χ0) is 13.7. The number of nitrogens with zero attached hydrogens (tertiary/aromatic N) is 1. The van der Waals surface area contributed by atoms with Crippen molar-refractivity contribution in [1.29, 1.82) is 0 Å². The molecule has 1 aromatic rings. The molecule has 6 heteroatoms. The number of rotatable bonds is 4. The van der Waals surface area contributed by atoms with E-state index in [2.05, 4.69) is 10.5 Å². The highest BCUT2D eigenvalue weighted by molar-refractivity contribution is 5.98. The monoisotopic (exact) mass is 253 g/mol. The number of oxime groups is 1. The minimum absolute atomic E-state index is 0.0843. The summed E-state index contributed by atoms with van der Waals surface area (Å²) in [7, 11) is 0. The van der Waals surface area contributed by atoms with E-state index in [0.717, 1.165) is 6.07 Å². The lowest BCUT2D eigenvalue weighted by Gasteiger charge is -2.15. The molecule has 5 nitrogen and oxygen atoms in total. The molecule has 0 aliphatic heterocycles. The molecule has 1 unspecified atom stereocenters. The third-order valence-electron chi connectivity index (χ3n) is 2.49. The minimum Gasteiger partial charge on any atom is -0.409 e. The quantitative estimate of drug-likeness (QED) is 0.328. The Morgan fingerprint density at radius 2 is 2.22 bits per heavy atom. The van der Waals surface area contributed by atoms with Gasteiger partial charge in [0, 0.05) is 5.56 Å². The van der Waals surface area contributed by atoms with Gasteiger partial charge in [0.15, 0.2) is 5.84 Å². The van der Waals surface area contributed by atoms with Gasteiger partial charge in [0.25, 0.3) is 5.91 Å². The van der Waals surface area contributed by atoms with Gasteiger partial charge < -0.3 is 16.3 Å². The Bertz CT molecular complexity index is 454. The van der Waals surface area contributed by atoms with Crippen molar-refractivity contribution in [3.05, 3.63) is 35.1 Å². The third kappa shape index (κ3) is 3.44. The van der Waals surface area contributed by atoms with Crippen LogP contribution in [0.2, 0.25) is 0 Å². The molecule has 0 aliphatic rings. The normalized spacial score (nSPS) is 13.2. The van der Waals surface area contributed by atoms with E-state index in [1.807, 2.05) is 0 Å². The Morgan fingerprint density at radius 1 is 1.56 bits per heavy atom. The van der Waals surface area contributed by atoms with Crippen LogP contribution in [-0.4, -0.2) is 23.0 Å². The number of amidine groups is 1. The van der Waals surface area contributed by atoms with Crippen molar-refractivity contribution in [2.24, 2.45) is 10.9 Å². The fourth-order valence-electron chi connectivity index (χ4n) is 1.56. The van der Waals surface area contributed by atoms with Gasteiger partial charge in [-0.2, -0.15) is 0 Å². The van der Waals surface area contributed by atoms with Crippen LogP contribution in [-0.2, 0) is 0 Å². The van der Waals surface area contributed by atoms with E-state index < -0.39 is 17.8 Å². The first-order valence-electron chi connectivity index (χ1n) is 5.53. The van der Waals surface area contributed by atoms with Crippen molar-refractivity contribution in [3.8, 4) is 0 Å². The van der Waals surface area contributed by atoms with Gasteiger partial charge >= 0.3 is 0 Å².